The summed E-state index contributed by atoms with van der Waals surface area (Å²) in [5, 5.41) is 3.79. The Kier molecular flexibility index (Phi) is 4.04. The first kappa shape index (κ1) is 14.2. The smallest absolute Gasteiger partial charge is 0.124 e. The Labute approximate surface area is 133 Å². The van der Waals surface area contributed by atoms with E-state index >= 15 is 0 Å². The lowest BCUT2D eigenvalue weighted by atomic mass is 9.98. The number of hydrogen-bond acceptors (Lipinski definition) is 3. The summed E-state index contributed by atoms with van der Waals surface area (Å²) in [5.74, 6) is 0.444. The molecule has 0 saturated carbocycles. The Morgan fingerprint density at radius 3 is 2.81 bits per heavy atom. The fourth-order valence-electron chi connectivity index (χ4n) is 2.27. The summed E-state index contributed by atoms with van der Waals surface area (Å²) in [6, 6.07) is 9.86. The zero-order valence-corrected chi connectivity index (χ0v) is 13.4. The number of rotatable bonds is 3. The molecular weight excluding hydrogens is 300 g/mol. The summed E-state index contributed by atoms with van der Waals surface area (Å²) < 4.78 is 0. The van der Waals surface area contributed by atoms with Gasteiger partial charge in [0.15, 0.2) is 0 Å². The van der Waals surface area contributed by atoms with Crippen molar-refractivity contribution in [1.82, 2.24) is 9.97 Å². The molecule has 0 aliphatic rings. The molecule has 0 amide bonds. The van der Waals surface area contributed by atoms with E-state index in [1.165, 1.54) is 5.56 Å². The number of benzene rings is 1. The highest BCUT2D eigenvalue weighted by Crippen LogP contribution is 2.33. The zero-order chi connectivity index (χ0) is 14.8. The molecule has 3 aromatic rings. The van der Waals surface area contributed by atoms with Crippen molar-refractivity contribution in [2.24, 2.45) is 0 Å². The van der Waals surface area contributed by atoms with Crippen LogP contribution in [0.3, 0.4) is 0 Å². The summed E-state index contributed by atoms with van der Waals surface area (Å²) >= 11 is 7.68. The first-order valence-electron chi connectivity index (χ1n) is 6.81. The highest BCUT2D eigenvalue weighted by atomic mass is 35.5. The van der Waals surface area contributed by atoms with E-state index in [1.54, 1.807) is 11.3 Å². The van der Waals surface area contributed by atoms with Crippen molar-refractivity contribution < 1.29 is 0 Å². The van der Waals surface area contributed by atoms with E-state index in [-0.39, 0.29) is 0 Å². The van der Waals surface area contributed by atoms with Gasteiger partial charge in [0.2, 0.25) is 0 Å². The molecule has 0 bridgehead atoms. The fraction of sp³-hybridized carbons (Fsp3) is 0.176. The molecule has 106 valence electrons. The van der Waals surface area contributed by atoms with Gasteiger partial charge in [0, 0.05) is 33.9 Å². The molecule has 3 rings (SSSR count). The van der Waals surface area contributed by atoms with Crippen LogP contribution in [0.4, 0.5) is 0 Å². The van der Waals surface area contributed by atoms with Crippen molar-refractivity contribution >= 4 is 22.9 Å². The van der Waals surface area contributed by atoms with Crippen molar-refractivity contribution in [3.8, 4) is 21.8 Å². The Balaban J connectivity index is 2.03. The minimum absolute atomic E-state index is 0.444. The molecular formula is C17H15ClN2S. The van der Waals surface area contributed by atoms with Gasteiger partial charge >= 0.3 is 0 Å². The van der Waals surface area contributed by atoms with Gasteiger partial charge in [0.1, 0.15) is 5.01 Å². The van der Waals surface area contributed by atoms with E-state index in [0.717, 1.165) is 26.9 Å². The Hall–Kier alpha value is -1.71. The van der Waals surface area contributed by atoms with Crippen LogP contribution >= 0.6 is 22.9 Å². The van der Waals surface area contributed by atoms with Crippen LogP contribution in [-0.2, 0) is 0 Å². The van der Waals surface area contributed by atoms with Crippen LogP contribution < -0.4 is 0 Å². The van der Waals surface area contributed by atoms with E-state index in [4.69, 9.17) is 16.6 Å². The second-order valence-electron chi connectivity index (χ2n) is 5.17. The second kappa shape index (κ2) is 5.96. The minimum atomic E-state index is 0.444. The standard InChI is InChI=1S/C17H15ClN2S/c1-11(2)14-6-7-19-9-15(14)16-10-21-17(20-16)12-4-3-5-13(18)8-12/h3-11H,1-2H3. The Morgan fingerprint density at radius 1 is 1.19 bits per heavy atom. The number of aromatic nitrogens is 2. The Bertz CT molecular complexity index is 765. The average Bonchev–Trinajstić information content (AvgIpc) is 2.97. The number of thiazole rings is 1. The zero-order valence-electron chi connectivity index (χ0n) is 11.9. The van der Waals surface area contributed by atoms with Crippen molar-refractivity contribution in [3.63, 3.8) is 0 Å². The van der Waals surface area contributed by atoms with Crippen molar-refractivity contribution in [1.29, 1.82) is 0 Å². The highest BCUT2D eigenvalue weighted by molar-refractivity contribution is 7.13. The summed E-state index contributed by atoms with van der Waals surface area (Å²) in [5.41, 5.74) is 4.41. The van der Waals surface area contributed by atoms with Gasteiger partial charge in [-0.2, -0.15) is 0 Å². The van der Waals surface area contributed by atoms with E-state index in [1.807, 2.05) is 36.7 Å². The van der Waals surface area contributed by atoms with Gasteiger partial charge in [-0.1, -0.05) is 37.6 Å². The number of nitrogens with zero attached hydrogens (tertiary/aromatic N) is 2. The molecule has 21 heavy (non-hydrogen) atoms. The maximum absolute atomic E-state index is 6.05. The third kappa shape index (κ3) is 2.99. The van der Waals surface area contributed by atoms with Crippen LogP contribution in [0.15, 0.2) is 48.1 Å². The monoisotopic (exact) mass is 314 g/mol. The van der Waals surface area contributed by atoms with E-state index in [9.17, 15) is 0 Å². The maximum Gasteiger partial charge on any atom is 0.124 e. The third-order valence-corrected chi connectivity index (χ3v) is 4.45. The summed E-state index contributed by atoms with van der Waals surface area (Å²) in [6.45, 7) is 4.37. The van der Waals surface area contributed by atoms with Gasteiger partial charge in [0.05, 0.1) is 5.69 Å². The molecule has 0 atom stereocenters. The van der Waals surface area contributed by atoms with Crippen LogP contribution in [0.5, 0.6) is 0 Å². The van der Waals surface area contributed by atoms with Gasteiger partial charge in [-0.15, -0.1) is 11.3 Å². The molecule has 0 radical (unpaired) electrons. The van der Waals surface area contributed by atoms with E-state index in [2.05, 4.69) is 30.3 Å². The summed E-state index contributed by atoms with van der Waals surface area (Å²) in [7, 11) is 0. The van der Waals surface area contributed by atoms with Gasteiger partial charge in [0.25, 0.3) is 0 Å². The van der Waals surface area contributed by atoms with Crippen LogP contribution in [0.2, 0.25) is 5.02 Å². The molecule has 0 saturated heterocycles. The van der Waals surface area contributed by atoms with E-state index < -0.39 is 0 Å². The predicted octanol–water partition coefficient (Wildman–Crippen LogP) is 5.65. The van der Waals surface area contributed by atoms with Gasteiger partial charge in [-0.05, 0) is 29.7 Å². The lowest BCUT2D eigenvalue weighted by Gasteiger charge is -2.09. The van der Waals surface area contributed by atoms with Gasteiger partial charge < -0.3 is 0 Å². The quantitative estimate of drug-likeness (QED) is 0.624. The first-order chi connectivity index (χ1) is 10.1. The lowest BCUT2D eigenvalue weighted by Crippen LogP contribution is -1.93. The predicted molar refractivity (Wildman–Crippen MR) is 89.9 cm³/mol. The molecule has 4 heteroatoms. The summed E-state index contributed by atoms with van der Waals surface area (Å²) in [4.78, 5) is 9.00. The molecule has 0 unspecified atom stereocenters. The summed E-state index contributed by atoms with van der Waals surface area (Å²) in [6.07, 6.45) is 3.73. The molecule has 0 aliphatic carbocycles. The lowest BCUT2D eigenvalue weighted by molar-refractivity contribution is 0.864. The maximum atomic E-state index is 6.05. The number of hydrogen-bond donors (Lipinski definition) is 0. The molecule has 0 aliphatic heterocycles. The molecule has 0 fully saturated rings. The Morgan fingerprint density at radius 2 is 2.05 bits per heavy atom. The van der Waals surface area contributed by atoms with Gasteiger partial charge in [-0.25, -0.2) is 4.98 Å². The topological polar surface area (TPSA) is 25.8 Å². The van der Waals surface area contributed by atoms with Crippen LogP contribution in [-0.4, -0.2) is 9.97 Å². The van der Waals surface area contributed by atoms with Crippen LogP contribution in [0, 0.1) is 0 Å². The van der Waals surface area contributed by atoms with Crippen LogP contribution in [0.1, 0.15) is 25.3 Å². The van der Waals surface area contributed by atoms with Gasteiger partial charge in [-0.3, -0.25) is 4.98 Å². The molecule has 2 heterocycles. The first-order valence-corrected chi connectivity index (χ1v) is 8.06. The molecule has 0 spiro atoms. The minimum Gasteiger partial charge on any atom is -0.264 e. The normalized spacial score (nSPS) is 11.0. The highest BCUT2D eigenvalue weighted by Gasteiger charge is 2.12. The largest absolute Gasteiger partial charge is 0.264 e. The molecule has 0 N–H and O–H groups in total. The molecule has 2 aromatic heterocycles. The number of pyridine rings is 1. The van der Waals surface area contributed by atoms with Crippen molar-refractivity contribution in [3.05, 3.63) is 58.7 Å². The molecule has 2 nitrogen and oxygen atoms in total. The van der Waals surface area contributed by atoms with E-state index in [0.29, 0.717) is 5.92 Å². The molecule has 1 aromatic carbocycles. The third-order valence-electron chi connectivity index (χ3n) is 3.33. The second-order valence-corrected chi connectivity index (χ2v) is 6.46. The fourth-order valence-corrected chi connectivity index (χ4v) is 3.28. The number of halogens is 1. The van der Waals surface area contributed by atoms with Crippen molar-refractivity contribution in [2.75, 3.05) is 0 Å². The average molecular weight is 315 g/mol. The van der Waals surface area contributed by atoms with Crippen molar-refractivity contribution in [2.45, 2.75) is 19.8 Å². The van der Waals surface area contributed by atoms with Crippen LogP contribution in [0.25, 0.3) is 21.8 Å². The SMILES string of the molecule is CC(C)c1ccncc1-c1csc(-c2cccc(Cl)c2)n1.